The standard InChI is InChI=1S/C20H20N2O6/c23-12-20(4-5-20)28-16-9-13(19(25)26)8-15(10-16)27-14-2-3-17(21-11-14)18(24)22-6-1-7-22/h2-3,8-11,23H,1,4-7,12H2,(H,25,26). The Balaban J connectivity index is 1.52. The number of aromatic carboxylic acids is 1. The smallest absolute Gasteiger partial charge is 0.335 e. The normalized spacial score (nSPS) is 16.8. The average molecular weight is 384 g/mol. The number of aliphatic hydroxyl groups excluding tert-OH is 1. The van der Waals surface area contributed by atoms with Gasteiger partial charge in [-0.1, -0.05) is 0 Å². The lowest BCUT2D eigenvalue weighted by Gasteiger charge is -2.30. The Hall–Kier alpha value is -3.13. The fourth-order valence-electron chi connectivity index (χ4n) is 2.88. The summed E-state index contributed by atoms with van der Waals surface area (Å²) in [4.78, 5) is 29.4. The molecule has 0 unspecified atom stereocenters. The van der Waals surface area contributed by atoms with Crippen LogP contribution in [-0.2, 0) is 0 Å². The third kappa shape index (κ3) is 3.77. The molecular formula is C20H20N2O6. The van der Waals surface area contributed by atoms with E-state index in [1.54, 1.807) is 23.1 Å². The molecular weight excluding hydrogens is 364 g/mol. The van der Waals surface area contributed by atoms with Crippen LogP contribution in [0.15, 0.2) is 36.5 Å². The summed E-state index contributed by atoms with van der Waals surface area (Å²) in [5.41, 5.74) is -0.276. The van der Waals surface area contributed by atoms with Crippen molar-refractivity contribution in [3.63, 3.8) is 0 Å². The highest BCUT2D eigenvalue weighted by Gasteiger charge is 2.45. The summed E-state index contributed by atoms with van der Waals surface area (Å²) >= 11 is 0. The summed E-state index contributed by atoms with van der Waals surface area (Å²) < 4.78 is 11.5. The van der Waals surface area contributed by atoms with Crippen molar-refractivity contribution in [2.75, 3.05) is 19.7 Å². The lowest BCUT2D eigenvalue weighted by Crippen LogP contribution is -2.42. The first-order valence-corrected chi connectivity index (χ1v) is 9.09. The Labute approximate surface area is 161 Å². The van der Waals surface area contributed by atoms with Gasteiger partial charge in [0, 0.05) is 19.2 Å². The van der Waals surface area contributed by atoms with Gasteiger partial charge in [-0.25, -0.2) is 9.78 Å². The van der Waals surface area contributed by atoms with Crippen LogP contribution < -0.4 is 9.47 Å². The number of hydrogen-bond acceptors (Lipinski definition) is 6. The average Bonchev–Trinajstić information content (AvgIpc) is 3.40. The fraction of sp³-hybridized carbons (Fsp3) is 0.350. The zero-order valence-electron chi connectivity index (χ0n) is 15.1. The topological polar surface area (TPSA) is 109 Å². The Kier molecular flexibility index (Phi) is 4.64. The molecule has 0 bridgehead atoms. The molecule has 2 aromatic rings. The van der Waals surface area contributed by atoms with Gasteiger partial charge in [-0.3, -0.25) is 4.79 Å². The summed E-state index contributed by atoms with van der Waals surface area (Å²) in [6.07, 6.45) is 3.87. The third-order valence-electron chi connectivity index (χ3n) is 4.89. The van der Waals surface area contributed by atoms with E-state index in [1.807, 2.05) is 0 Å². The molecule has 1 aromatic carbocycles. The van der Waals surface area contributed by atoms with Gasteiger partial charge in [-0.2, -0.15) is 0 Å². The Morgan fingerprint density at radius 1 is 1.11 bits per heavy atom. The van der Waals surface area contributed by atoms with Crippen molar-refractivity contribution < 1.29 is 29.3 Å². The molecule has 4 rings (SSSR count). The van der Waals surface area contributed by atoms with Gasteiger partial charge in [0.25, 0.3) is 5.91 Å². The highest BCUT2D eigenvalue weighted by atomic mass is 16.5. The Morgan fingerprint density at radius 3 is 2.39 bits per heavy atom. The van der Waals surface area contributed by atoms with E-state index >= 15 is 0 Å². The number of benzene rings is 1. The van der Waals surface area contributed by atoms with Crippen molar-refractivity contribution >= 4 is 11.9 Å². The largest absolute Gasteiger partial charge is 0.485 e. The molecule has 1 saturated heterocycles. The lowest BCUT2D eigenvalue weighted by atomic mass is 10.2. The summed E-state index contributed by atoms with van der Waals surface area (Å²) in [5, 5.41) is 18.8. The molecule has 0 radical (unpaired) electrons. The Morgan fingerprint density at radius 2 is 1.86 bits per heavy atom. The molecule has 146 valence electrons. The molecule has 2 N–H and O–H groups in total. The number of pyridine rings is 1. The summed E-state index contributed by atoms with van der Waals surface area (Å²) in [5.74, 6) is -0.263. The summed E-state index contributed by atoms with van der Waals surface area (Å²) in [6.45, 7) is 1.37. The zero-order valence-corrected chi connectivity index (χ0v) is 15.1. The van der Waals surface area contributed by atoms with Gasteiger partial charge in [-0.15, -0.1) is 0 Å². The van der Waals surface area contributed by atoms with Crippen molar-refractivity contribution in [1.82, 2.24) is 9.88 Å². The number of carboxylic acids is 1. The van der Waals surface area contributed by atoms with E-state index in [9.17, 15) is 19.8 Å². The molecule has 8 nitrogen and oxygen atoms in total. The number of ether oxygens (including phenoxy) is 2. The van der Waals surface area contributed by atoms with Gasteiger partial charge in [0.1, 0.15) is 28.5 Å². The predicted molar refractivity (Wildman–Crippen MR) is 97.9 cm³/mol. The van der Waals surface area contributed by atoms with E-state index in [0.29, 0.717) is 30.0 Å². The number of hydrogen-bond donors (Lipinski definition) is 2. The Bertz CT molecular complexity index is 903. The van der Waals surface area contributed by atoms with Crippen molar-refractivity contribution in [1.29, 1.82) is 0 Å². The van der Waals surface area contributed by atoms with E-state index in [1.165, 1.54) is 18.3 Å². The quantitative estimate of drug-likeness (QED) is 0.754. The molecule has 2 heterocycles. The highest BCUT2D eigenvalue weighted by Crippen LogP contribution is 2.41. The lowest BCUT2D eigenvalue weighted by molar-refractivity contribution is 0.0644. The SMILES string of the molecule is O=C(O)c1cc(Oc2ccc(C(=O)N3CCC3)nc2)cc(OC2(CO)CC2)c1. The minimum Gasteiger partial charge on any atom is -0.485 e. The van der Waals surface area contributed by atoms with Gasteiger partial charge in [0.15, 0.2) is 0 Å². The predicted octanol–water partition coefficient (Wildman–Crippen LogP) is 2.32. The van der Waals surface area contributed by atoms with Crippen LogP contribution in [0.3, 0.4) is 0 Å². The molecule has 0 atom stereocenters. The van der Waals surface area contributed by atoms with Crippen LogP contribution in [0.1, 0.15) is 40.1 Å². The molecule has 1 amide bonds. The second-order valence-electron chi connectivity index (χ2n) is 7.07. The first kappa shape index (κ1) is 18.2. The first-order chi connectivity index (χ1) is 13.5. The first-order valence-electron chi connectivity index (χ1n) is 9.09. The van der Waals surface area contributed by atoms with Crippen LogP contribution in [0.4, 0.5) is 0 Å². The monoisotopic (exact) mass is 384 g/mol. The van der Waals surface area contributed by atoms with Crippen LogP contribution in [0.5, 0.6) is 17.2 Å². The number of carbonyl (C=O) groups excluding carboxylic acids is 1. The number of carboxylic acid groups (broad SMARTS) is 1. The van der Waals surface area contributed by atoms with Gasteiger partial charge >= 0.3 is 5.97 Å². The maximum absolute atomic E-state index is 12.1. The van der Waals surface area contributed by atoms with Crippen LogP contribution >= 0.6 is 0 Å². The maximum Gasteiger partial charge on any atom is 0.335 e. The van der Waals surface area contributed by atoms with E-state index < -0.39 is 11.6 Å². The van der Waals surface area contributed by atoms with Gasteiger partial charge in [-0.05, 0) is 43.5 Å². The minimum atomic E-state index is -1.11. The van der Waals surface area contributed by atoms with Crippen molar-refractivity contribution in [3.05, 3.63) is 47.8 Å². The second kappa shape index (κ2) is 7.12. The number of amides is 1. The molecule has 1 aliphatic heterocycles. The molecule has 1 aliphatic carbocycles. The number of aliphatic hydroxyl groups is 1. The number of rotatable bonds is 7. The molecule has 28 heavy (non-hydrogen) atoms. The third-order valence-corrected chi connectivity index (χ3v) is 4.89. The number of carbonyl (C=O) groups is 2. The maximum atomic E-state index is 12.1. The van der Waals surface area contributed by atoms with Crippen LogP contribution in [0, 0.1) is 0 Å². The molecule has 1 saturated carbocycles. The van der Waals surface area contributed by atoms with E-state index in [2.05, 4.69) is 4.98 Å². The van der Waals surface area contributed by atoms with Crippen LogP contribution in [-0.4, -0.2) is 57.3 Å². The van der Waals surface area contributed by atoms with Crippen molar-refractivity contribution in [2.45, 2.75) is 24.9 Å². The van der Waals surface area contributed by atoms with Crippen LogP contribution in [0.2, 0.25) is 0 Å². The molecule has 0 spiro atoms. The molecule has 2 aliphatic rings. The molecule has 8 heteroatoms. The van der Waals surface area contributed by atoms with Crippen LogP contribution in [0.25, 0.3) is 0 Å². The van der Waals surface area contributed by atoms with Crippen molar-refractivity contribution in [3.8, 4) is 17.2 Å². The summed E-state index contributed by atoms with van der Waals surface area (Å²) in [7, 11) is 0. The second-order valence-corrected chi connectivity index (χ2v) is 7.07. The van der Waals surface area contributed by atoms with E-state index in [-0.39, 0.29) is 23.8 Å². The summed E-state index contributed by atoms with van der Waals surface area (Å²) in [6, 6.07) is 7.55. The van der Waals surface area contributed by atoms with Crippen molar-refractivity contribution in [2.24, 2.45) is 0 Å². The van der Waals surface area contributed by atoms with Gasteiger partial charge in [0.05, 0.1) is 18.4 Å². The van der Waals surface area contributed by atoms with Gasteiger partial charge < -0.3 is 24.6 Å². The highest BCUT2D eigenvalue weighted by molar-refractivity contribution is 5.92. The van der Waals surface area contributed by atoms with Gasteiger partial charge in [0.2, 0.25) is 0 Å². The number of likely N-dealkylation sites (tertiary alicyclic amines) is 1. The fourth-order valence-corrected chi connectivity index (χ4v) is 2.88. The zero-order chi connectivity index (χ0) is 19.7. The minimum absolute atomic E-state index is 0.0128. The number of nitrogens with zero attached hydrogens (tertiary/aromatic N) is 2. The molecule has 1 aromatic heterocycles. The molecule has 2 fully saturated rings. The number of aromatic nitrogens is 1. The van der Waals surface area contributed by atoms with E-state index in [4.69, 9.17) is 9.47 Å². The van der Waals surface area contributed by atoms with E-state index in [0.717, 1.165) is 19.5 Å².